The molecular formula is C55H28B6N4O. The van der Waals surface area contributed by atoms with Gasteiger partial charge in [-0.1, -0.05) is 155 Å². The third kappa shape index (κ3) is 6.44. The highest BCUT2D eigenvalue weighted by Crippen LogP contribution is 2.41. The number of benzene rings is 9. The van der Waals surface area contributed by atoms with Crippen molar-refractivity contribution < 1.29 is 4.42 Å². The van der Waals surface area contributed by atoms with E-state index < -0.39 is 0 Å². The van der Waals surface area contributed by atoms with Gasteiger partial charge in [-0.3, -0.25) is 0 Å². The predicted octanol–water partition coefficient (Wildman–Crippen LogP) is 7.12. The number of furan rings is 1. The monoisotopic (exact) mass is 826 g/mol. The number of rotatable bonds is 6. The van der Waals surface area contributed by atoms with E-state index in [4.69, 9.17) is 66.4 Å². The molecule has 0 amide bonds. The van der Waals surface area contributed by atoms with Crippen LogP contribution in [0.4, 0.5) is 0 Å². The van der Waals surface area contributed by atoms with Gasteiger partial charge in [0.25, 0.3) is 0 Å². The summed E-state index contributed by atoms with van der Waals surface area (Å²) in [7, 11) is 39.8. The van der Waals surface area contributed by atoms with Crippen LogP contribution < -0.4 is 32.8 Å². The molecule has 3 aromatic heterocycles. The fourth-order valence-corrected chi connectivity index (χ4v) is 9.32. The molecule has 12 aromatic rings. The van der Waals surface area contributed by atoms with Crippen molar-refractivity contribution in [2.24, 2.45) is 0 Å². The first-order valence-corrected chi connectivity index (χ1v) is 21.4. The van der Waals surface area contributed by atoms with E-state index in [0.29, 0.717) is 72.1 Å². The van der Waals surface area contributed by atoms with Gasteiger partial charge in [0.1, 0.15) is 58.2 Å². The van der Waals surface area contributed by atoms with Crippen molar-refractivity contribution >= 4 is 134 Å². The molecule has 12 radical (unpaired) electrons. The lowest BCUT2D eigenvalue weighted by atomic mass is 9.71. The van der Waals surface area contributed by atoms with Gasteiger partial charge in [-0.15, -0.1) is 10.9 Å². The maximum Gasteiger partial charge on any atom is 0.164 e. The van der Waals surface area contributed by atoms with Crippen molar-refractivity contribution in [1.29, 1.82) is 0 Å². The van der Waals surface area contributed by atoms with Gasteiger partial charge in [-0.05, 0) is 74.6 Å². The molecular weight excluding hydrogens is 798 g/mol. The maximum absolute atomic E-state index is 6.87. The number of hydrogen-bond donors (Lipinski definition) is 0. The molecule has 11 heteroatoms. The van der Waals surface area contributed by atoms with Crippen LogP contribution in [0.3, 0.4) is 0 Å². The Labute approximate surface area is 388 Å². The molecule has 0 saturated carbocycles. The first-order chi connectivity index (χ1) is 32.2. The Balaban J connectivity index is 1.02. The second-order valence-corrected chi connectivity index (χ2v) is 16.6. The molecule has 0 spiro atoms. The highest BCUT2D eigenvalue weighted by atomic mass is 16.3. The van der Waals surface area contributed by atoms with Gasteiger partial charge in [0.2, 0.25) is 0 Å². The second kappa shape index (κ2) is 15.5. The first-order valence-electron chi connectivity index (χ1n) is 21.4. The Morgan fingerprint density at radius 3 is 1.44 bits per heavy atom. The molecule has 0 atom stereocenters. The molecule has 0 fully saturated rings. The molecule has 292 valence electrons. The molecule has 9 aromatic carbocycles. The minimum absolute atomic E-state index is 0.334. The quantitative estimate of drug-likeness (QED) is 0.168. The van der Waals surface area contributed by atoms with Crippen LogP contribution in [0.1, 0.15) is 0 Å². The van der Waals surface area contributed by atoms with E-state index >= 15 is 0 Å². The van der Waals surface area contributed by atoms with Gasteiger partial charge < -0.3 is 8.98 Å². The molecule has 0 bridgehead atoms. The third-order valence-corrected chi connectivity index (χ3v) is 12.5. The third-order valence-electron chi connectivity index (χ3n) is 12.5. The Bertz CT molecular complexity index is 3820. The second-order valence-electron chi connectivity index (χ2n) is 16.6. The van der Waals surface area contributed by atoms with Crippen LogP contribution in [-0.2, 0) is 0 Å². The molecule has 0 saturated heterocycles. The fraction of sp³-hybridized carbons (Fsp3) is 0. The van der Waals surface area contributed by atoms with Crippen molar-refractivity contribution in [3.8, 4) is 62.1 Å². The van der Waals surface area contributed by atoms with E-state index in [9.17, 15) is 0 Å². The highest BCUT2D eigenvalue weighted by molar-refractivity contribution is 6.62. The summed E-state index contributed by atoms with van der Waals surface area (Å²) in [6.07, 6.45) is 0. The Morgan fingerprint density at radius 2 is 0.864 bits per heavy atom. The lowest BCUT2D eigenvalue weighted by Crippen LogP contribution is -2.33. The molecule has 0 unspecified atom stereocenters. The predicted molar refractivity (Wildman–Crippen MR) is 278 cm³/mol. The largest absolute Gasteiger partial charge is 0.455 e. The number of fused-ring (bicyclic) bond motifs is 7. The number of nitrogens with zero attached hydrogens (tertiary/aromatic N) is 4. The van der Waals surface area contributed by atoms with Crippen LogP contribution in [0.15, 0.2) is 174 Å². The van der Waals surface area contributed by atoms with Crippen LogP contribution >= 0.6 is 0 Å². The van der Waals surface area contributed by atoms with Gasteiger partial charge in [0, 0.05) is 49.7 Å². The summed E-state index contributed by atoms with van der Waals surface area (Å²) >= 11 is 0. The van der Waals surface area contributed by atoms with Crippen LogP contribution in [0, 0.1) is 0 Å². The topological polar surface area (TPSA) is 56.7 Å². The van der Waals surface area contributed by atoms with Crippen molar-refractivity contribution in [3.05, 3.63) is 170 Å². The zero-order valence-corrected chi connectivity index (χ0v) is 35.3. The summed E-state index contributed by atoms with van der Waals surface area (Å²) in [6, 6.07) is 56.8. The van der Waals surface area contributed by atoms with Crippen molar-refractivity contribution in [1.82, 2.24) is 19.5 Å². The molecule has 0 N–H and O–H groups in total. The molecule has 0 aliphatic carbocycles. The van der Waals surface area contributed by atoms with Gasteiger partial charge in [-0.25, -0.2) is 15.0 Å². The summed E-state index contributed by atoms with van der Waals surface area (Å²) < 4.78 is 8.88. The summed E-state index contributed by atoms with van der Waals surface area (Å²) in [4.78, 5) is 14.8. The fourth-order valence-electron chi connectivity index (χ4n) is 9.32. The van der Waals surface area contributed by atoms with Crippen LogP contribution in [0.5, 0.6) is 0 Å². The lowest BCUT2D eigenvalue weighted by Gasteiger charge is -2.15. The van der Waals surface area contributed by atoms with E-state index in [1.807, 2.05) is 83.4 Å². The minimum Gasteiger partial charge on any atom is -0.455 e. The standard InChI is InChI=1S/C55H28B6N4O/c56-41-27-43(58)50-46(48(41)60)47-49(61)42(57)28-44(59)51(47)65(50)37-25-39(30-10-4-1-5-11-30)52-40(26-37)38-21-20-34(24-45(38)66-52)33-18-16-29-17-19-35(23-36(29)22-33)55-63-53(31-12-6-2-7-13-31)62-54(64-55)32-14-8-3-9-15-32/h1-28H. The van der Waals surface area contributed by atoms with Crippen LogP contribution in [-0.4, -0.2) is 66.6 Å². The van der Waals surface area contributed by atoms with Gasteiger partial charge in [-0.2, -0.15) is 0 Å². The van der Waals surface area contributed by atoms with E-state index in [-0.39, 0.29) is 0 Å². The zero-order chi connectivity index (χ0) is 44.8. The smallest absolute Gasteiger partial charge is 0.164 e. The SMILES string of the molecule is [B]c1cc([B])c2c(c1[B])c1c([B])c([B])cc([B])c1n2-c1cc(-c2ccccc2)c2oc3cc(-c4ccc5ccc(-c6nc(-c7ccccc7)nc(-c7ccccc7)n6)cc5c4)ccc3c2c1. The minimum atomic E-state index is 0.334. The van der Waals surface area contributed by atoms with E-state index in [1.165, 1.54) is 0 Å². The van der Waals surface area contributed by atoms with Crippen molar-refractivity contribution in [2.45, 2.75) is 0 Å². The van der Waals surface area contributed by atoms with Gasteiger partial charge in [0.05, 0.1) is 0 Å². The summed E-state index contributed by atoms with van der Waals surface area (Å²) in [5, 5.41) is 5.15. The zero-order valence-electron chi connectivity index (χ0n) is 35.3. The van der Waals surface area contributed by atoms with Crippen molar-refractivity contribution in [3.63, 3.8) is 0 Å². The number of hydrogen-bond acceptors (Lipinski definition) is 4. The first kappa shape index (κ1) is 39.8. The molecule has 12 rings (SSSR count). The molecule has 3 heterocycles. The van der Waals surface area contributed by atoms with Gasteiger partial charge >= 0.3 is 0 Å². The molecule has 0 aliphatic heterocycles. The van der Waals surface area contributed by atoms with Crippen molar-refractivity contribution in [2.75, 3.05) is 0 Å². The summed E-state index contributed by atoms with van der Waals surface area (Å²) in [6.45, 7) is 0. The van der Waals surface area contributed by atoms with Gasteiger partial charge in [0.15, 0.2) is 17.5 Å². The Morgan fingerprint density at radius 1 is 0.379 bits per heavy atom. The average molecular weight is 826 g/mol. The molecule has 66 heavy (non-hydrogen) atoms. The normalized spacial score (nSPS) is 11.7. The average Bonchev–Trinajstić information content (AvgIpc) is 3.92. The maximum atomic E-state index is 6.87. The van der Waals surface area contributed by atoms with E-state index in [0.717, 1.165) is 77.3 Å². The van der Waals surface area contributed by atoms with E-state index in [1.54, 1.807) is 12.1 Å². The summed E-state index contributed by atoms with van der Waals surface area (Å²) in [5.41, 5.74) is 12.3. The van der Waals surface area contributed by atoms with E-state index in [2.05, 4.69) is 78.9 Å². The number of aromatic nitrogens is 4. The Hall–Kier alpha value is -7.76. The molecule has 0 aliphatic rings. The lowest BCUT2D eigenvalue weighted by molar-refractivity contribution is 0.670. The van der Waals surface area contributed by atoms with Crippen LogP contribution in [0.2, 0.25) is 0 Å². The highest BCUT2D eigenvalue weighted by Gasteiger charge is 2.23. The molecule has 5 nitrogen and oxygen atoms in total. The Kier molecular flexibility index (Phi) is 9.32. The summed E-state index contributed by atoms with van der Waals surface area (Å²) in [5.74, 6) is 1.82. The van der Waals surface area contributed by atoms with Crippen LogP contribution in [0.25, 0.3) is 117 Å².